The van der Waals surface area contributed by atoms with Gasteiger partial charge >= 0.3 is 0 Å². The Morgan fingerprint density at radius 2 is 1.81 bits per heavy atom. The first kappa shape index (κ1) is 14.0. The number of aromatic nitrogens is 1. The van der Waals surface area contributed by atoms with Gasteiger partial charge in [0.05, 0.1) is 5.56 Å². The van der Waals surface area contributed by atoms with Crippen LogP contribution in [-0.4, -0.2) is 42.0 Å². The maximum absolute atomic E-state index is 12.5. The first-order valence-corrected chi connectivity index (χ1v) is 7.33. The first-order chi connectivity index (χ1) is 10.2. The quantitative estimate of drug-likeness (QED) is 0.927. The number of carbonyl (C=O) groups excluding carboxylic acids is 1. The molecule has 1 amide bonds. The van der Waals surface area contributed by atoms with Crippen LogP contribution in [0.15, 0.2) is 42.7 Å². The smallest absolute Gasteiger partial charge is 0.255 e. The summed E-state index contributed by atoms with van der Waals surface area (Å²) in [6.07, 6.45) is 3.39. The summed E-state index contributed by atoms with van der Waals surface area (Å²) in [4.78, 5) is 18.5. The fraction of sp³-hybridized carbons (Fsp3) is 0.250. The van der Waals surface area contributed by atoms with Gasteiger partial charge in [-0.05, 0) is 23.8 Å². The fourth-order valence-electron chi connectivity index (χ4n) is 2.41. The van der Waals surface area contributed by atoms with Crippen LogP contribution in [0.25, 0.3) is 11.1 Å². The Morgan fingerprint density at radius 1 is 1.10 bits per heavy atom. The van der Waals surface area contributed by atoms with Crippen molar-refractivity contribution in [3.8, 4) is 11.1 Å². The number of hydrogen-bond donors (Lipinski definition) is 1. The lowest BCUT2D eigenvalue weighted by atomic mass is 10.1. The van der Waals surface area contributed by atoms with Gasteiger partial charge in [-0.25, -0.2) is 0 Å². The van der Waals surface area contributed by atoms with Crippen LogP contribution in [0.3, 0.4) is 0 Å². The summed E-state index contributed by atoms with van der Waals surface area (Å²) < 4.78 is 0. The summed E-state index contributed by atoms with van der Waals surface area (Å²) in [6, 6.07) is 9.42. The largest absolute Gasteiger partial charge is 0.336 e. The first-order valence-electron chi connectivity index (χ1n) is 6.95. The van der Waals surface area contributed by atoms with Gasteiger partial charge in [0.15, 0.2) is 0 Å². The molecule has 5 heteroatoms. The number of nitrogens with zero attached hydrogens (tertiary/aromatic N) is 2. The number of pyridine rings is 1. The monoisotopic (exact) mass is 301 g/mol. The lowest BCUT2D eigenvalue weighted by Gasteiger charge is -2.27. The lowest BCUT2D eigenvalue weighted by Crippen LogP contribution is -2.46. The minimum Gasteiger partial charge on any atom is -0.336 e. The molecule has 0 atom stereocenters. The molecule has 1 N–H and O–H groups in total. The van der Waals surface area contributed by atoms with Crippen molar-refractivity contribution in [1.29, 1.82) is 0 Å². The van der Waals surface area contributed by atoms with E-state index in [0.717, 1.165) is 37.3 Å². The molecular formula is C16H16ClN3O. The molecule has 2 aromatic rings. The predicted octanol–water partition coefficient (Wildman–Crippen LogP) is 2.45. The standard InChI is InChI=1S/C16H16ClN3O/c17-15-3-1-12(2-4-15)13-9-14(11-19-10-13)16(21)20-7-5-18-6-8-20/h1-4,9-11,18H,5-8H2. The zero-order chi connectivity index (χ0) is 14.7. The summed E-state index contributed by atoms with van der Waals surface area (Å²) >= 11 is 5.90. The third-order valence-corrected chi connectivity index (χ3v) is 3.82. The van der Waals surface area contributed by atoms with Crippen LogP contribution in [0.2, 0.25) is 5.02 Å². The molecule has 1 aliphatic rings. The second-order valence-electron chi connectivity index (χ2n) is 5.01. The highest BCUT2D eigenvalue weighted by Gasteiger charge is 2.18. The van der Waals surface area contributed by atoms with Crippen molar-refractivity contribution in [3.63, 3.8) is 0 Å². The van der Waals surface area contributed by atoms with E-state index in [9.17, 15) is 4.79 Å². The van der Waals surface area contributed by atoms with Crippen LogP contribution in [0, 0.1) is 0 Å². The van der Waals surface area contributed by atoms with Crippen LogP contribution in [0.4, 0.5) is 0 Å². The van der Waals surface area contributed by atoms with E-state index in [0.29, 0.717) is 10.6 Å². The molecule has 21 heavy (non-hydrogen) atoms. The third-order valence-electron chi connectivity index (χ3n) is 3.57. The summed E-state index contributed by atoms with van der Waals surface area (Å²) in [6.45, 7) is 3.17. The van der Waals surface area contributed by atoms with Gasteiger partial charge in [-0.15, -0.1) is 0 Å². The molecule has 1 aromatic carbocycles. The Balaban J connectivity index is 1.85. The lowest BCUT2D eigenvalue weighted by molar-refractivity contribution is 0.0735. The number of nitrogens with one attached hydrogen (secondary N) is 1. The van der Waals surface area contributed by atoms with E-state index in [1.54, 1.807) is 12.4 Å². The van der Waals surface area contributed by atoms with Gasteiger partial charge in [-0.3, -0.25) is 9.78 Å². The summed E-state index contributed by atoms with van der Waals surface area (Å²) in [5, 5.41) is 3.94. The number of rotatable bonds is 2. The molecule has 0 spiro atoms. The van der Waals surface area contributed by atoms with Gasteiger partial charge in [0.25, 0.3) is 5.91 Å². The van der Waals surface area contributed by atoms with Crippen LogP contribution >= 0.6 is 11.6 Å². The van der Waals surface area contributed by atoms with Gasteiger partial charge in [0, 0.05) is 49.2 Å². The Hall–Kier alpha value is -1.91. The fourth-order valence-corrected chi connectivity index (χ4v) is 2.53. The van der Waals surface area contributed by atoms with E-state index in [4.69, 9.17) is 11.6 Å². The van der Waals surface area contributed by atoms with E-state index < -0.39 is 0 Å². The predicted molar refractivity (Wildman–Crippen MR) is 83.5 cm³/mol. The van der Waals surface area contributed by atoms with E-state index in [1.807, 2.05) is 35.2 Å². The van der Waals surface area contributed by atoms with Crippen LogP contribution in [0.5, 0.6) is 0 Å². The molecule has 0 saturated carbocycles. The minimum atomic E-state index is 0.0415. The van der Waals surface area contributed by atoms with Gasteiger partial charge in [-0.1, -0.05) is 23.7 Å². The van der Waals surface area contributed by atoms with Crippen LogP contribution < -0.4 is 5.32 Å². The molecule has 0 radical (unpaired) electrons. The number of halogens is 1. The van der Waals surface area contributed by atoms with E-state index in [2.05, 4.69) is 10.3 Å². The van der Waals surface area contributed by atoms with Gasteiger partial charge < -0.3 is 10.2 Å². The summed E-state index contributed by atoms with van der Waals surface area (Å²) in [5.74, 6) is 0.0415. The molecule has 4 nitrogen and oxygen atoms in total. The molecule has 0 aliphatic carbocycles. The normalized spacial score (nSPS) is 15.0. The molecule has 1 saturated heterocycles. The number of piperazine rings is 1. The zero-order valence-electron chi connectivity index (χ0n) is 11.6. The summed E-state index contributed by atoms with van der Waals surface area (Å²) in [7, 11) is 0. The van der Waals surface area contributed by atoms with E-state index >= 15 is 0 Å². The van der Waals surface area contributed by atoms with Crippen molar-refractivity contribution in [3.05, 3.63) is 53.3 Å². The average molecular weight is 302 g/mol. The molecule has 0 bridgehead atoms. The van der Waals surface area contributed by atoms with Crippen molar-refractivity contribution >= 4 is 17.5 Å². The Labute approximate surface area is 128 Å². The number of carbonyl (C=O) groups is 1. The summed E-state index contributed by atoms with van der Waals surface area (Å²) in [5.41, 5.74) is 2.55. The molecule has 108 valence electrons. The maximum Gasteiger partial charge on any atom is 0.255 e. The van der Waals surface area contributed by atoms with E-state index in [-0.39, 0.29) is 5.91 Å². The second-order valence-corrected chi connectivity index (χ2v) is 5.45. The highest BCUT2D eigenvalue weighted by Crippen LogP contribution is 2.22. The van der Waals surface area contributed by atoms with Crippen molar-refractivity contribution in [2.24, 2.45) is 0 Å². The second kappa shape index (κ2) is 6.24. The minimum absolute atomic E-state index is 0.0415. The third kappa shape index (κ3) is 3.23. The van der Waals surface area contributed by atoms with Crippen molar-refractivity contribution in [1.82, 2.24) is 15.2 Å². The molecular weight excluding hydrogens is 286 g/mol. The number of amides is 1. The highest BCUT2D eigenvalue weighted by molar-refractivity contribution is 6.30. The van der Waals surface area contributed by atoms with Gasteiger partial charge in [0.2, 0.25) is 0 Å². The molecule has 1 aromatic heterocycles. The SMILES string of the molecule is O=C(c1cncc(-c2ccc(Cl)cc2)c1)N1CCNCC1. The van der Waals surface area contributed by atoms with Crippen LogP contribution in [-0.2, 0) is 0 Å². The van der Waals surface area contributed by atoms with Crippen molar-refractivity contribution < 1.29 is 4.79 Å². The Morgan fingerprint density at radius 3 is 2.52 bits per heavy atom. The Kier molecular flexibility index (Phi) is 4.18. The van der Waals surface area contributed by atoms with Crippen molar-refractivity contribution in [2.45, 2.75) is 0 Å². The topological polar surface area (TPSA) is 45.2 Å². The maximum atomic E-state index is 12.5. The number of hydrogen-bond acceptors (Lipinski definition) is 3. The molecule has 1 fully saturated rings. The van der Waals surface area contributed by atoms with Crippen LogP contribution in [0.1, 0.15) is 10.4 Å². The van der Waals surface area contributed by atoms with Gasteiger partial charge in [0.1, 0.15) is 0 Å². The molecule has 3 rings (SSSR count). The number of benzene rings is 1. The Bertz CT molecular complexity index is 636. The van der Waals surface area contributed by atoms with Crippen molar-refractivity contribution in [2.75, 3.05) is 26.2 Å². The average Bonchev–Trinajstić information content (AvgIpc) is 2.56. The van der Waals surface area contributed by atoms with E-state index in [1.165, 1.54) is 0 Å². The zero-order valence-corrected chi connectivity index (χ0v) is 12.3. The molecule has 2 heterocycles. The van der Waals surface area contributed by atoms with Gasteiger partial charge in [-0.2, -0.15) is 0 Å². The molecule has 1 aliphatic heterocycles. The highest BCUT2D eigenvalue weighted by atomic mass is 35.5. The molecule has 0 unspecified atom stereocenters.